The summed E-state index contributed by atoms with van der Waals surface area (Å²) in [5.41, 5.74) is 8.78. The Bertz CT molecular complexity index is 756. The van der Waals surface area contributed by atoms with Crippen LogP contribution in [0.4, 0.5) is 0 Å². The van der Waals surface area contributed by atoms with Gasteiger partial charge >= 0.3 is 0 Å². The predicted molar refractivity (Wildman–Crippen MR) is 113 cm³/mol. The molecule has 1 heterocycles. The molecule has 4 rings (SSSR count). The zero-order chi connectivity index (χ0) is 19.7. The molecule has 1 aromatic carbocycles. The first kappa shape index (κ1) is 19.4. The van der Waals surface area contributed by atoms with Gasteiger partial charge < -0.3 is 15.2 Å². The van der Waals surface area contributed by atoms with E-state index in [1.54, 1.807) is 0 Å². The number of aliphatic imine (C=N–C) groups is 2. The molecule has 0 aromatic heterocycles. The van der Waals surface area contributed by atoms with Gasteiger partial charge in [-0.25, -0.2) is 4.99 Å². The Morgan fingerprint density at radius 3 is 2.39 bits per heavy atom. The average molecular weight is 384 g/mol. The van der Waals surface area contributed by atoms with E-state index in [-0.39, 0.29) is 0 Å². The van der Waals surface area contributed by atoms with Gasteiger partial charge in [-0.3, -0.25) is 4.99 Å². The van der Waals surface area contributed by atoms with Crippen LogP contribution in [0, 0.1) is 18.8 Å². The van der Waals surface area contributed by atoms with Crippen molar-refractivity contribution in [3.8, 4) is 5.75 Å². The first-order valence-electron chi connectivity index (χ1n) is 10.7. The van der Waals surface area contributed by atoms with Crippen molar-refractivity contribution < 1.29 is 9.47 Å². The highest BCUT2D eigenvalue weighted by molar-refractivity contribution is 6.41. The molecule has 0 radical (unpaired) electrons. The third-order valence-electron chi connectivity index (χ3n) is 6.89. The van der Waals surface area contributed by atoms with E-state index in [1.807, 2.05) is 14.0 Å². The molecule has 1 atom stereocenters. The van der Waals surface area contributed by atoms with E-state index in [0.29, 0.717) is 23.8 Å². The Morgan fingerprint density at radius 2 is 1.82 bits per heavy atom. The first-order valence-corrected chi connectivity index (χ1v) is 10.7. The van der Waals surface area contributed by atoms with Gasteiger partial charge in [-0.15, -0.1) is 0 Å². The van der Waals surface area contributed by atoms with Crippen molar-refractivity contribution in [3.05, 3.63) is 29.3 Å². The molecule has 5 nitrogen and oxygen atoms in total. The molecule has 0 saturated heterocycles. The van der Waals surface area contributed by atoms with Crippen LogP contribution in [0.2, 0.25) is 0 Å². The number of hydrogen-bond acceptors (Lipinski definition) is 5. The minimum Gasteiger partial charge on any atom is -0.493 e. The molecule has 5 heteroatoms. The van der Waals surface area contributed by atoms with Crippen LogP contribution in [0.3, 0.4) is 0 Å². The normalized spacial score (nSPS) is 30.5. The Labute approximate surface area is 168 Å². The maximum Gasteiger partial charge on any atom is 0.181 e. The standard InChI is InChI=1S/C23H33N3O2/c1-15-7-10-20(28-14-17-5-4-6-17)13-21(15)23(25-16(2)22(24)26-23)18-8-11-19(27-3)12-9-18/h7,10,13,17-19H,4-6,8-9,11-12,14H2,1-3H3,(H2,24,26). The van der Waals surface area contributed by atoms with Crippen LogP contribution in [-0.2, 0) is 10.4 Å². The third-order valence-corrected chi connectivity index (χ3v) is 6.89. The van der Waals surface area contributed by atoms with Crippen LogP contribution in [-0.4, -0.2) is 31.4 Å². The monoisotopic (exact) mass is 383 g/mol. The Balaban J connectivity index is 1.65. The number of nitrogens with zero attached hydrogens (tertiary/aromatic N) is 2. The lowest BCUT2D eigenvalue weighted by Gasteiger charge is -2.38. The summed E-state index contributed by atoms with van der Waals surface area (Å²) in [6, 6.07) is 6.38. The maximum atomic E-state index is 6.23. The van der Waals surface area contributed by atoms with Gasteiger partial charge in [0.15, 0.2) is 5.66 Å². The van der Waals surface area contributed by atoms with Crippen LogP contribution < -0.4 is 10.5 Å². The van der Waals surface area contributed by atoms with E-state index < -0.39 is 5.66 Å². The van der Waals surface area contributed by atoms with Gasteiger partial charge in [0.1, 0.15) is 11.6 Å². The average Bonchev–Trinajstić information content (AvgIpc) is 2.97. The van der Waals surface area contributed by atoms with E-state index in [0.717, 1.165) is 49.3 Å². The van der Waals surface area contributed by atoms with E-state index in [9.17, 15) is 0 Å². The summed E-state index contributed by atoms with van der Waals surface area (Å²) < 4.78 is 11.7. The van der Waals surface area contributed by atoms with Crippen molar-refractivity contribution in [2.75, 3.05) is 13.7 Å². The number of aryl methyl sites for hydroxylation is 1. The lowest BCUT2D eigenvalue weighted by Crippen LogP contribution is -2.36. The second-order valence-electron chi connectivity index (χ2n) is 8.71. The zero-order valence-electron chi connectivity index (χ0n) is 17.4. The van der Waals surface area contributed by atoms with Gasteiger partial charge in [0.25, 0.3) is 0 Å². The molecule has 1 aromatic rings. The van der Waals surface area contributed by atoms with Crippen LogP contribution in [0.15, 0.2) is 28.2 Å². The fraction of sp³-hybridized carbons (Fsp3) is 0.652. The maximum absolute atomic E-state index is 6.23. The Kier molecular flexibility index (Phi) is 5.46. The lowest BCUT2D eigenvalue weighted by molar-refractivity contribution is 0.0425. The molecule has 3 aliphatic rings. The third kappa shape index (κ3) is 3.57. The fourth-order valence-electron chi connectivity index (χ4n) is 4.79. The molecule has 152 valence electrons. The molecule has 28 heavy (non-hydrogen) atoms. The number of amidine groups is 1. The zero-order valence-corrected chi connectivity index (χ0v) is 17.4. The topological polar surface area (TPSA) is 69.2 Å². The minimum atomic E-state index is -0.618. The van der Waals surface area contributed by atoms with Crippen molar-refractivity contribution in [3.63, 3.8) is 0 Å². The van der Waals surface area contributed by atoms with Gasteiger partial charge in [-0.05, 0) is 76.0 Å². The van der Waals surface area contributed by atoms with E-state index >= 15 is 0 Å². The highest BCUT2D eigenvalue weighted by Crippen LogP contribution is 2.47. The van der Waals surface area contributed by atoms with Crippen molar-refractivity contribution in [2.45, 2.75) is 70.6 Å². The van der Waals surface area contributed by atoms with E-state index in [4.69, 9.17) is 25.2 Å². The van der Waals surface area contributed by atoms with Crippen molar-refractivity contribution in [2.24, 2.45) is 27.6 Å². The summed E-state index contributed by atoms with van der Waals surface area (Å²) in [6.45, 7) is 4.91. The van der Waals surface area contributed by atoms with Gasteiger partial charge in [0.05, 0.1) is 18.4 Å². The van der Waals surface area contributed by atoms with Crippen LogP contribution in [0.1, 0.15) is 63.0 Å². The summed E-state index contributed by atoms with van der Waals surface area (Å²) in [6.07, 6.45) is 8.43. The molecular weight excluding hydrogens is 350 g/mol. The molecule has 2 fully saturated rings. The van der Waals surface area contributed by atoms with Gasteiger partial charge in [-0.1, -0.05) is 12.5 Å². The number of methoxy groups -OCH3 is 1. The van der Waals surface area contributed by atoms with Crippen molar-refractivity contribution in [1.29, 1.82) is 0 Å². The molecule has 2 N–H and O–H groups in total. The second kappa shape index (κ2) is 7.86. The molecule has 0 spiro atoms. The van der Waals surface area contributed by atoms with Gasteiger partial charge in [0, 0.05) is 18.6 Å². The SMILES string of the molecule is COC1CCC(C2(c3cc(OCC4CCC4)ccc3C)N=C(C)C(N)=N2)CC1. The lowest BCUT2D eigenvalue weighted by atomic mass is 9.75. The van der Waals surface area contributed by atoms with Crippen molar-refractivity contribution >= 4 is 11.5 Å². The van der Waals surface area contributed by atoms with Crippen molar-refractivity contribution in [1.82, 2.24) is 0 Å². The summed E-state index contributed by atoms with van der Waals surface area (Å²) in [5.74, 6) is 2.53. The second-order valence-corrected chi connectivity index (χ2v) is 8.71. The molecular formula is C23H33N3O2. The van der Waals surface area contributed by atoms with Gasteiger partial charge in [-0.2, -0.15) is 0 Å². The molecule has 0 bridgehead atoms. The summed E-state index contributed by atoms with van der Waals surface area (Å²) in [5, 5.41) is 0. The largest absolute Gasteiger partial charge is 0.493 e. The number of hydrogen-bond donors (Lipinski definition) is 1. The van der Waals surface area contributed by atoms with E-state index in [2.05, 4.69) is 25.1 Å². The predicted octanol–water partition coefficient (Wildman–Crippen LogP) is 4.36. The fourth-order valence-corrected chi connectivity index (χ4v) is 4.79. The minimum absolute atomic E-state index is 0.329. The van der Waals surface area contributed by atoms with Crippen LogP contribution in [0.25, 0.3) is 0 Å². The number of ether oxygens (including phenoxy) is 2. The first-order chi connectivity index (χ1) is 13.5. The number of rotatable bonds is 6. The Hall–Kier alpha value is -1.88. The quantitative estimate of drug-likeness (QED) is 0.793. The summed E-state index contributed by atoms with van der Waals surface area (Å²) in [7, 11) is 1.81. The molecule has 0 amide bonds. The smallest absolute Gasteiger partial charge is 0.181 e. The van der Waals surface area contributed by atoms with Crippen LogP contribution in [0.5, 0.6) is 5.75 Å². The molecule has 1 unspecified atom stereocenters. The number of nitrogens with two attached hydrogens (primary N) is 1. The van der Waals surface area contributed by atoms with Gasteiger partial charge in [0.2, 0.25) is 0 Å². The summed E-state index contributed by atoms with van der Waals surface area (Å²) >= 11 is 0. The molecule has 1 aliphatic heterocycles. The molecule has 2 saturated carbocycles. The Morgan fingerprint density at radius 1 is 1.07 bits per heavy atom. The number of benzene rings is 1. The van der Waals surface area contributed by atoms with E-state index in [1.165, 1.54) is 24.8 Å². The highest BCUT2D eigenvalue weighted by Gasteiger charge is 2.46. The highest BCUT2D eigenvalue weighted by atomic mass is 16.5. The summed E-state index contributed by atoms with van der Waals surface area (Å²) in [4.78, 5) is 10.0. The van der Waals surface area contributed by atoms with Crippen LogP contribution >= 0.6 is 0 Å². The molecule has 2 aliphatic carbocycles.